The lowest BCUT2D eigenvalue weighted by molar-refractivity contribution is -0.115. The fourth-order valence-corrected chi connectivity index (χ4v) is 3.47. The number of anilines is 1. The number of hydrogen-bond acceptors (Lipinski definition) is 6. The standard InChI is InChI=1S/C20H21N5O2S/c1-13(2)12-25-18(17-8-5-9-27-17)23-24-20(25)28-14(3)19(26)22-16-7-4-6-15(10-16)11-21/h4-10,13-14H,12H2,1-3H3,(H,22,26). The van der Waals surface area contributed by atoms with Crippen LogP contribution in [-0.2, 0) is 11.3 Å². The number of carbonyl (C=O) groups is 1. The van der Waals surface area contributed by atoms with Crippen molar-refractivity contribution in [2.75, 3.05) is 5.32 Å². The number of rotatable bonds is 7. The van der Waals surface area contributed by atoms with Gasteiger partial charge < -0.3 is 9.73 Å². The van der Waals surface area contributed by atoms with Gasteiger partial charge in [0.1, 0.15) is 0 Å². The smallest absolute Gasteiger partial charge is 0.237 e. The van der Waals surface area contributed by atoms with Gasteiger partial charge in [-0.25, -0.2) is 0 Å². The third-order valence-corrected chi connectivity index (χ3v) is 5.00. The fourth-order valence-electron chi connectivity index (χ4n) is 2.62. The molecule has 0 aliphatic carbocycles. The van der Waals surface area contributed by atoms with Gasteiger partial charge in [-0.2, -0.15) is 5.26 Å². The molecule has 0 spiro atoms. The molecule has 0 saturated heterocycles. The molecule has 3 aromatic rings. The lowest BCUT2D eigenvalue weighted by atomic mass is 10.2. The second-order valence-corrected chi connectivity index (χ2v) is 8.04. The quantitative estimate of drug-likeness (QED) is 0.603. The third-order valence-electron chi connectivity index (χ3n) is 3.92. The Bertz CT molecular complexity index is 988. The van der Waals surface area contributed by atoms with E-state index in [1.54, 1.807) is 30.5 Å². The molecule has 28 heavy (non-hydrogen) atoms. The number of carbonyl (C=O) groups excluding carboxylic acids is 1. The van der Waals surface area contributed by atoms with Crippen molar-refractivity contribution >= 4 is 23.4 Å². The Hall–Kier alpha value is -3.05. The first kappa shape index (κ1) is 19.7. The molecule has 1 N–H and O–H groups in total. The van der Waals surface area contributed by atoms with E-state index in [2.05, 4.69) is 35.4 Å². The molecule has 0 saturated carbocycles. The number of nitriles is 1. The molecule has 0 aliphatic heterocycles. The second kappa shape index (κ2) is 8.76. The number of aromatic nitrogens is 3. The predicted octanol–water partition coefficient (Wildman–Crippen LogP) is 4.19. The summed E-state index contributed by atoms with van der Waals surface area (Å²) in [6.07, 6.45) is 1.60. The van der Waals surface area contributed by atoms with Crippen molar-refractivity contribution in [2.45, 2.75) is 37.7 Å². The van der Waals surface area contributed by atoms with Gasteiger partial charge in [0.25, 0.3) is 0 Å². The summed E-state index contributed by atoms with van der Waals surface area (Å²) in [4.78, 5) is 12.6. The number of hydrogen-bond donors (Lipinski definition) is 1. The average Bonchev–Trinajstić information content (AvgIpc) is 3.32. The number of amides is 1. The highest BCUT2D eigenvalue weighted by molar-refractivity contribution is 8.00. The van der Waals surface area contributed by atoms with E-state index in [4.69, 9.17) is 9.68 Å². The SMILES string of the molecule is CC(C)Cn1c(SC(C)C(=O)Nc2cccc(C#N)c2)nnc1-c1ccco1. The normalized spacial score (nSPS) is 12.0. The molecule has 0 radical (unpaired) electrons. The van der Waals surface area contributed by atoms with Gasteiger partial charge in [0.2, 0.25) is 5.91 Å². The van der Waals surface area contributed by atoms with Gasteiger partial charge in [-0.3, -0.25) is 9.36 Å². The van der Waals surface area contributed by atoms with Crippen molar-refractivity contribution in [2.24, 2.45) is 5.92 Å². The minimum absolute atomic E-state index is 0.168. The van der Waals surface area contributed by atoms with Crippen LogP contribution in [0.4, 0.5) is 5.69 Å². The molecule has 3 rings (SSSR count). The molecule has 1 unspecified atom stereocenters. The van der Waals surface area contributed by atoms with Gasteiger partial charge >= 0.3 is 0 Å². The van der Waals surface area contributed by atoms with Crippen molar-refractivity contribution in [3.8, 4) is 17.7 Å². The van der Waals surface area contributed by atoms with E-state index in [0.717, 1.165) is 0 Å². The van der Waals surface area contributed by atoms with Gasteiger partial charge in [0.15, 0.2) is 16.7 Å². The zero-order valence-electron chi connectivity index (χ0n) is 15.9. The fraction of sp³-hybridized carbons (Fsp3) is 0.300. The van der Waals surface area contributed by atoms with Crippen LogP contribution >= 0.6 is 11.8 Å². The van der Waals surface area contributed by atoms with Crippen LogP contribution in [0.15, 0.2) is 52.2 Å². The van der Waals surface area contributed by atoms with Crippen LogP contribution in [0.2, 0.25) is 0 Å². The summed E-state index contributed by atoms with van der Waals surface area (Å²) in [6.45, 7) is 6.75. The van der Waals surface area contributed by atoms with Crippen LogP contribution in [0, 0.1) is 17.2 Å². The molecule has 8 heteroatoms. The first-order valence-corrected chi connectivity index (χ1v) is 9.80. The largest absolute Gasteiger partial charge is 0.461 e. The molecule has 2 aromatic heterocycles. The summed E-state index contributed by atoms with van der Waals surface area (Å²) in [5, 5.41) is 20.6. The van der Waals surface area contributed by atoms with Gasteiger partial charge in [-0.15, -0.1) is 10.2 Å². The first-order chi connectivity index (χ1) is 13.5. The second-order valence-electron chi connectivity index (χ2n) is 6.73. The predicted molar refractivity (Wildman–Crippen MR) is 108 cm³/mol. The summed E-state index contributed by atoms with van der Waals surface area (Å²) in [5.41, 5.74) is 1.09. The van der Waals surface area contributed by atoms with Crippen LogP contribution in [-0.4, -0.2) is 25.9 Å². The highest BCUT2D eigenvalue weighted by Gasteiger charge is 2.22. The van der Waals surface area contributed by atoms with E-state index in [1.807, 2.05) is 23.6 Å². The van der Waals surface area contributed by atoms with Crippen molar-refractivity contribution < 1.29 is 9.21 Å². The molecule has 0 bridgehead atoms. The van der Waals surface area contributed by atoms with Crippen LogP contribution in [0.5, 0.6) is 0 Å². The van der Waals surface area contributed by atoms with Gasteiger partial charge in [0, 0.05) is 12.2 Å². The van der Waals surface area contributed by atoms with Crippen LogP contribution in [0.25, 0.3) is 11.6 Å². The maximum absolute atomic E-state index is 12.6. The highest BCUT2D eigenvalue weighted by atomic mass is 32.2. The number of benzene rings is 1. The summed E-state index contributed by atoms with van der Waals surface area (Å²) in [6, 6.07) is 12.5. The van der Waals surface area contributed by atoms with Crippen molar-refractivity contribution in [3.63, 3.8) is 0 Å². The Morgan fingerprint density at radius 1 is 1.29 bits per heavy atom. The molecule has 1 amide bonds. The number of nitrogens with one attached hydrogen (secondary N) is 1. The molecule has 2 heterocycles. The van der Waals surface area contributed by atoms with Crippen LogP contribution in [0.3, 0.4) is 0 Å². The van der Waals surface area contributed by atoms with Crippen molar-refractivity contribution in [3.05, 3.63) is 48.2 Å². The summed E-state index contributed by atoms with van der Waals surface area (Å²) in [5.74, 6) is 1.50. The zero-order valence-corrected chi connectivity index (χ0v) is 16.7. The van der Waals surface area contributed by atoms with E-state index in [9.17, 15) is 4.79 Å². The average molecular weight is 395 g/mol. The Balaban J connectivity index is 1.76. The lowest BCUT2D eigenvalue weighted by Gasteiger charge is -2.14. The molecule has 0 fully saturated rings. The molecular weight excluding hydrogens is 374 g/mol. The van der Waals surface area contributed by atoms with Crippen molar-refractivity contribution in [1.29, 1.82) is 5.26 Å². The highest BCUT2D eigenvalue weighted by Crippen LogP contribution is 2.28. The van der Waals surface area contributed by atoms with E-state index in [-0.39, 0.29) is 5.91 Å². The minimum atomic E-state index is -0.398. The Morgan fingerprint density at radius 3 is 2.79 bits per heavy atom. The lowest BCUT2D eigenvalue weighted by Crippen LogP contribution is -2.23. The molecule has 1 atom stereocenters. The van der Waals surface area contributed by atoms with Crippen LogP contribution < -0.4 is 5.32 Å². The Morgan fingerprint density at radius 2 is 2.11 bits per heavy atom. The summed E-state index contributed by atoms with van der Waals surface area (Å²) in [7, 11) is 0. The zero-order chi connectivity index (χ0) is 20.1. The number of nitrogens with zero attached hydrogens (tertiary/aromatic N) is 4. The van der Waals surface area contributed by atoms with E-state index < -0.39 is 5.25 Å². The molecule has 7 nitrogen and oxygen atoms in total. The summed E-state index contributed by atoms with van der Waals surface area (Å²) < 4.78 is 7.45. The maximum Gasteiger partial charge on any atom is 0.237 e. The third kappa shape index (κ3) is 4.61. The maximum atomic E-state index is 12.6. The molecule has 1 aromatic carbocycles. The van der Waals surface area contributed by atoms with Gasteiger partial charge in [-0.1, -0.05) is 31.7 Å². The topological polar surface area (TPSA) is 96.7 Å². The number of furan rings is 1. The van der Waals surface area contributed by atoms with E-state index in [0.29, 0.717) is 40.5 Å². The number of thioether (sulfide) groups is 1. The minimum Gasteiger partial charge on any atom is -0.461 e. The molecule has 0 aliphatic rings. The van der Waals surface area contributed by atoms with Crippen LogP contribution in [0.1, 0.15) is 26.3 Å². The van der Waals surface area contributed by atoms with E-state index >= 15 is 0 Å². The summed E-state index contributed by atoms with van der Waals surface area (Å²) >= 11 is 1.34. The Kier molecular flexibility index (Phi) is 6.16. The van der Waals surface area contributed by atoms with Crippen molar-refractivity contribution in [1.82, 2.24) is 14.8 Å². The first-order valence-electron chi connectivity index (χ1n) is 8.92. The van der Waals surface area contributed by atoms with E-state index in [1.165, 1.54) is 11.8 Å². The monoisotopic (exact) mass is 395 g/mol. The van der Waals surface area contributed by atoms with Gasteiger partial charge in [0.05, 0.1) is 23.1 Å². The molecular formula is C20H21N5O2S. The van der Waals surface area contributed by atoms with Gasteiger partial charge in [-0.05, 0) is 43.2 Å². The molecule has 144 valence electrons. The Labute approximate surface area is 167 Å².